The van der Waals surface area contributed by atoms with Crippen LogP contribution >= 0.6 is 0 Å². The molecule has 2 aliphatic rings. The van der Waals surface area contributed by atoms with E-state index in [1.807, 2.05) is 42.5 Å². The van der Waals surface area contributed by atoms with E-state index in [9.17, 15) is 8.42 Å². The maximum Gasteiger partial charge on any atom is 0.215 e. The molecule has 182 valence electrons. The van der Waals surface area contributed by atoms with Crippen molar-refractivity contribution in [2.24, 2.45) is 0 Å². The highest BCUT2D eigenvalue weighted by Gasteiger charge is 2.34. The second kappa shape index (κ2) is 11.8. The average Bonchev–Trinajstić information content (AvgIpc) is 2.82. The summed E-state index contributed by atoms with van der Waals surface area (Å²) in [6.07, 6.45) is 1.22. The SMILES string of the molecule is N#Cc1ccc(OCCCN2CC3CN(CCNS(=O)(=O)Cc4ccccc4)CC(C2)O3)cc1. The van der Waals surface area contributed by atoms with Crippen LogP contribution in [0.4, 0.5) is 0 Å². The largest absolute Gasteiger partial charge is 0.494 e. The van der Waals surface area contributed by atoms with Gasteiger partial charge < -0.3 is 9.47 Å². The Balaban J connectivity index is 1.13. The van der Waals surface area contributed by atoms with Gasteiger partial charge in [-0.15, -0.1) is 0 Å². The van der Waals surface area contributed by atoms with Crippen LogP contribution in [0.3, 0.4) is 0 Å². The van der Waals surface area contributed by atoms with Gasteiger partial charge in [-0.25, -0.2) is 13.1 Å². The zero-order chi connectivity index (χ0) is 23.8. The van der Waals surface area contributed by atoms with Gasteiger partial charge in [0.2, 0.25) is 10.0 Å². The number of nitriles is 1. The van der Waals surface area contributed by atoms with Crippen molar-refractivity contribution in [2.45, 2.75) is 24.4 Å². The number of ether oxygens (including phenoxy) is 2. The van der Waals surface area contributed by atoms with Gasteiger partial charge in [0, 0.05) is 45.8 Å². The summed E-state index contributed by atoms with van der Waals surface area (Å²) >= 11 is 0. The molecule has 2 saturated heterocycles. The van der Waals surface area contributed by atoms with Gasteiger partial charge in [0.15, 0.2) is 0 Å². The van der Waals surface area contributed by atoms with Gasteiger partial charge in [-0.1, -0.05) is 30.3 Å². The lowest BCUT2D eigenvalue weighted by Gasteiger charge is -2.45. The summed E-state index contributed by atoms with van der Waals surface area (Å²) in [4.78, 5) is 4.73. The molecular weight excluding hydrogens is 452 g/mol. The summed E-state index contributed by atoms with van der Waals surface area (Å²) < 4.78 is 39.3. The van der Waals surface area contributed by atoms with Crippen molar-refractivity contribution in [1.82, 2.24) is 14.5 Å². The highest BCUT2D eigenvalue weighted by molar-refractivity contribution is 7.88. The van der Waals surface area contributed by atoms with E-state index in [1.54, 1.807) is 12.1 Å². The van der Waals surface area contributed by atoms with Crippen LogP contribution in [0.15, 0.2) is 54.6 Å². The predicted molar refractivity (Wildman–Crippen MR) is 130 cm³/mol. The van der Waals surface area contributed by atoms with Crippen molar-refractivity contribution in [3.63, 3.8) is 0 Å². The molecule has 0 saturated carbocycles. The minimum Gasteiger partial charge on any atom is -0.494 e. The first kappa shape index (κ1) is 24.6. The van der Waals surface area contributed by atoms with Crippen LogP contribution in [0.2, 0.25) is 0 Å². The van der Waals surface area contributed by atoms with Crippen molar-refractivity contribution in [3.05, 3.63) is 65.7 Å². The predicted octanol–water partition coefficient (Wildman–Crippen LogP) is 1.83. The molecule has 2 unspecified atom stereocenters. The van der Waals surface area contributed by atoms with Crippen LogP contribution in [0.1, 0.15) is 17.5 Å². The average molecular weight is 485 g/mol. The summed E-state index contributed by atoms with van der Waals surface area (Å²) in [6, 6.07) is 18.5. The molecule has 2 atom stereocenters. The highest BCUT2D eigenvalue weighted by atomic mass is 32.2. The van der Waals surface area contributed by atoms with Crippen LogP contribution in [-0.2, 0) is 20.5 Å². The standard InChI is InChI=1S/C25H32N4O4S/c26-15-21-7-9-23(10-8-21)32-14-4-12-28-16-24-18-29(19-25(17-28)33-24)13-11-27-34(30,31)20-22-5-2-1-3-6-22/h1-3,5-10,24-25,27H,4,11-14,16-20H2. The molecule has 0 radical (unpaired) electrons. The number of hydrogen-bond donors (Lipinski definition) is 1. The second-order valence-corrected chi connectivity index (χ2v) is 10.7. The lowest BCUT2D eigenvalue weighted by Crippen LogP contribution is -2.60. The summed E-state index contributed by atoms with van der Waals surface area (Å²) in [5, 5.41) is 8.86. The molecule has 0 aliphatic carbocycles. The lowest BCUT2D eigenvalue weighted by molar-refractivity contribution is -0.138. The first-order chi connectivity index (χ1) is 16.5. The molecule has 0 spiro atoms. The fraction of sp³-hybridized carbons (Fsp3) is 0.480. The van der Waals surface area contributed by atoms with Gasteiger partial charge in [0.25, 0.3) is 0 Å². The Morgan fingerprint density at radius 2 is 1.62 bits per heavy atom. The van der Waals surface area contributed by atoms with E-state index in [-0.39, 0.29) is 18.0 Å². The van der Waals surface area contributed by atoms with Crippen molar-refractivity contribution in [2.75, 3.05) is 52.4 Å². The molecule has 1 N–H and O–H groups in total. The molecule has 0 amide bonds. The molecule has 4 rings (SSSR count). The molecule has 2 fully saturated rings. The Hall–Kier alpha value is -2.48. The first-order valence-electron chi connectivity index (χ1n) is 11.7. The monoisotopic (exact) mass is 484 g/mol. The molecule has 34 heavy (non-hydrogen) atoms. The van der Waals surface area contributed by atoms with E-state index in [0.29, 0.717) is 25.3 Å². The minimum atomic E-state index is -3.34. The topological polar surface area (TPSA) is 94.9 Å². The molecule has 2 aliphatic heterocycles. The van der Waals surface area contributed by atoms with Crippen LogP contribution in [0, 0.1) is 11.3 Å². The van der Waals surface area contributed by atoms with Gasteiger partial charge in [-0.05, 0) is 36.2 Å². The van der Waals surface area contributed by atoms with Gasteiger partial charge in [-0.2, -0.15) is 5.26 Å². The molecule has 9 heteroatoms. The maximum atomic E-state index is 12.3. The number of nitrogens with one attached hydrogen (secondary N) is 1. The fourth-order valence-corrected chi connectivity index (χ4v) is 5.67. The first-order valence-corrected chi connectivity index (χ1v) is 13.4. The second-order valence-electron chi connectivity index (χ2n) is 8.88. The maximum absolute atomic E-state index is 12.3. The number of rotatable bonds is 11. The zero-order valence-electron chi connectivity index (χ0n) is 19.3. The molecule has 8 nitrogen and oxygen atoms in total. The highest BCUT2D eigenvalue weighted by Crippen LogP contribution is 2.19. The molecule has 2 bridgehead atoms. The van der Waals surface area contributed by atoms with Gasteiger partial charge in [0.05, 0.1) is 36.2 Å². The van der Waals surface area contributed by atoms with Crippen LogP contribution in [-0.4, -0.2) is 82.8 Å². The third-order valence-electron chi connectivity index (χ3n) is 6.05. The summed E-state index contributed by atoms with van der Waals surface area (Å²) in [5.41, 5.74) is 1.42. The number of morpholine rings is 2. The minimum absolute atomic E-state index is 0.00600. The number of sulfonamides is 1. The van der Waals surface area contributed by atoms with Gasteiger partial charge in [0.1, 0.15) is 5.75 Å². The van der Waals surface area contributed by atoms with Crippen LogP contribution in [0.25, 0.3) is 0 Å². The number of benzene rings is 2. The Morgan fingerprint density at radius 3 is 2.26 bits per heavy atom. The lowest BCUT2D eigenvalue weighted by atomic mass is 10.1. The van der Waals surface area contributed by atoms with E-state index >= 15 is 0 Å². The van der Waals surface area contributed by atoms with Crippen molar-refractivity contribution in [3.8, 4) is 11.8 Å². The Kier molecular flexibility index (Phi) is 8.53. The van der Waals surface area contributed by atoms with Crippen LogP contribution < -0.4 is 9.46 Å². The summed E-state index contributed by atoms with van der Waals surface area (Å²) in [5.74, 6) is 0.791. The molecule has 2 heterocycles. The van der Waals surface area contributed by atoms with E-state index in [2.05, 4.69) is 20.6 Å². The number of nitrogens with zero attached hydrogens (tertiary/aromatic N) is 3. The fourth-order valence-electron chi connectivity index (χ4n) is 4.53. The van der Waals surface area contributed by atoms with Crippen molar-refractivity contribution in [1.29, 1.82) is 5.26 Å². The molecule has 2 aromatic rings. The van der Waals surface area contributed by atoms with E-state index in [4.69, 9.17) is 14.7 Å². The normalized spacial score (nSPS) is 21.1. The Morgan fingerprint density at radius 1 is 0.971 bits per heavy atom. The Labute approximate surface area is 202 Å². The third-order valence-corrected chi connectivity index (χ3v) is 7.41. The van der Waals surface area contributed by atoms with E-state index in [0.717, 1.165) is 50.5 Å². The summed E-state index contributed by atoms with van der Waals surface area (Å²) in [6.45, 7) is 6.06. The molecule has 2 aromatic carbocycles. The van der Waals surface area contributed by atoms with Crippen molar-refractivity contribution < 1.29 is 17.9 Å². The zero-order valence-corrected chi connectivity index (χ0v) is 20.1. The molecular formula is C25H32N4O4S. The van der Waals surface area contributed by atoms with Gasteiger partial charge >= 0.3 is 0 Å². The van der Waals surface area contributed by atoms with E-state index < -0.39 is 10.0 Å². The van der Waals surface area contributed by atoms with E-state index in [1.165, 1.54) is 0 Å². The van der Waals surface area contributed by atoms with Crippen LogP contribution in [0.5, 0.6) is 5.75 Å². The Bertz CT molecular complexity index is 1040. The van der Waals surface area contributed by atoms with Crippen molar-refractivity contribution >= 4 is 10.0 Å². The number of hydrogen-bond acceptors (Lipinski definition) is 7. The summed E-state index contributed by atoms with van der Waals surface area (Å²) in [7, 11) is -3.34. The quantitative estimate of drug-likeness (QED) is 0.486. The number of fused-ring (bicyclic) bond motifs is 2. The van der Waals surface area contributed by atoms with Gasteiger partial charge in [-0.3, -0.25) is 9.80 Å². The third kappa shape index (κ3) is 7.52. The molecule has 0 aromatic heterocycles. The smallest absolute Gasteiger partial charge is 0.215 e.